The Morgan fingerprint density at radius 3 is 3.09 bits per heavy atom. The van der Waals surface area contributed by atoms with Crippen molar-refractivity contribution in [2.75, 3.05) is 23.7 Å². The Balaban J connectivity index is 1.61. The number of anilines is 2. The van der Waals surface area contributed by atoms with Crippen molar-refractivity contribution < 1.29 is 0 Å². The van der Waals surface area contributed by atoms with Gasteiger partial charge in [-0.15, -0.1) is 0 Å². The smallest absolute Gasteiger partial charge is 0.183 e. The average Bonchev–Trinajstić information content (AvgIpc) is 2.96. The Morgan fingerprint density at radius 2 is 2.23 bits per heavy atom. The summed E-state index contributed by atoms with van der Waals surface area (Å²) in [5, 5.41) is 7.82. The number of rotatable bonds is 2. The van der Waals surface area contributed by atoms with Crippen molar-refractivity contribution in [1.82, 2.24) is 25.1 Å². The SMILES string of the molecule is Nc1[nH]nc2nc(C3CCCN(c4ccncn4)C3)ccc12. The van der Waals surface area contributed by atoms with E-state index in [1.54, 1.807) is 12.5 Å². The molecule has 3 aromatic rings. The molecule has 4 heterocycles. The van der Waals surface area contributed by atoms with Crippen LogP contribution in [0.5, 0.6) is 0 Å². The fourth-order valence-electron chi connectivity index (χ4n) is 3.06. The maximum Gasteiger partial charge on any atom is 0.183 e. The standard InChI is InChI=1S/C15H17N7/c16-14-11-3-4-12(19-15(11)21-20-14)10-2-1-7-22(8-10)13-5-6-17-9-18-13/h3-6,9-10H,1-2,7-8H2,(H3,16,19,20,21). The second kappa shape index (κ2) is 5.25. The van der Waals surface area contributed by atoms with Crippen LogP contribution < -0.4 is 10.6 Å². The second-order valence-electron chi connectivity index (χ2n) is 5.60. The molecule has 1 aliphatic heterocycles. The van der Waals surface area contributed by atoms with Crippen LogP contribution in [0.15, 0.2) is 30.7 Å². The van der Waals surface area contributed by atoms with Crippen LogP contribution in [0.2, 0.25) is 0 Å². The van der Waals surface area contributed by atoms with Crippen molar-refractivity contribution in [2.45, 2.75) is 18.8 Å². The lowest BCUT2D eigenvalue weighted by molar-refractivity contribution is 0.499. The van der Waals surface area contributed by atoms with E-state index in [0.29, 0.717) is 17.4 Å². The van der Waals surface area contributed by atoms with Crippen LogP contribution in [0.1, 0.15) is 24.5 Å². The topological polar surface area (TPSA) is 96.6 Å². The van der Waals surface area contributed by atoms with Crippen LogP contribution in [0, 0.1) is 0 Å². The normalized spacial score (nSPS) is 18.7. The van der Waals surface area contributed by atoms with Gasteiger partial charge in [0.2, 0.25) is 0 Å². The summed E-state index contributed by atoms with van der Waals surface area (Å²) in [5.41, 5.74) is 7.58. The molecule has 1 saturated heterocycles. The van der Waals surface area contributed by atoms with Crippen LogP contribution in [0.4, 0.5) is 11.6 Å². The molecule has 0 amide bonds. The van der Waals surface area contributed by atoms with E-state index in [2.05, 4.69) is 36.1 Å². The highest BCUT2D eigenvalue weighted by Crippen LogP contribution is 2.29. The van der Waals surface area contributed by atoms with Crippen LogP contribution >= 0.6 is 0 Å². The molecule has 0 spiro atoms. The molecule has 1 aliphatic rings. The molecule has 7 nitrogen and oxygen atoms in total. The fraction of sp³-hybridized carbons (Fsp3) is 0.333. The summed E-state index contributed by atoms with van der Waals surface area (Å²) >= 11 is 0. The van der Waals surface area contributed by atoms with Gasteiger partial charge >= 0.3 is 0 Å². The third-order valence-electron chi connectivity index (χ3n) is 4.20. The third kappa shape index (κ3) is 2.24. The first-order valence-electron chi connectivity index (χ1n) is 7.43. The zero-order valence-corrected chi connectivity index (χ0v) is 12.1. The largest absolute Gasteiger partial charge is 0.384 e. The minimum atomic E-state index is 0.381. The van der Waals surface area contributed by atoms with Crippen molar-refractivity contribution in [2.24, 2.45) is 0 Å². The van der Waals surface area contributed by atoms with Crippen LogP contribution in [-0.2, 0) is 0 Å². The predicted octanol–water partition coefficient (Wildman–Crippen LogP) is 1.71. The number of aromatic nitrogens is 5. The van der Waals surface area contributed by atoms with Gasteiger partial charge in [0.1, 0.15) is 18.0 Å². The molecule has 3 aromatic heterocycles. The number of pyridine rings is 1. The maximum atomic E-state index is 5.82. The number of aromatic amines is 1. The number of nitrogens with zero attached hydrogens (tertiary/aromatic N) is 5. The van der Waals surface area contributed by atoms with E-state index in [1.165, 1.54) is 0 Å². The number of hydrogen-bond acceptors (Lipinski definition) is 6. The average molecular weight is 295 g/mol. The Bertz CT molecular complexity index is 783. The number of hydrogen-bond donors (Lipinski definition) is 2. The van der Waals surface area contributed by atoms with E-state index in [1.807, 2.05) is 12.1 Å². The van der Waals surface area contributed by atoms with Crippen molar-refractivity contribution in [3.63, 3.8) is 0 Å². The summed E-state index contributed by atoms with van der Waals surface area (Å²) in [6, 6.07) is 6.01. The first-order valence-corrected chi connectivity index (χ1v) is 7.43. The van der Waals surface area contributed by atoms with Gasteiger partial charge in [0, 0.05) is 30.9 Å². The van der Waals surface area contributed by atoms with Gasteiger partial charge in [0.25, 0.3) is 0 Å². The quantitative estimate of drug-likeness (QED) is 0.747. The fourth-order valence-corrected chi connectivity index (χ4v) is 3.06. The highest BCUT2D eigenvalue weighted by atomic mass is 15.2. The lowest BCUT2D eigenvalue weighted by atomic mass is 9.94. The molecule has 3 N–H and O–H groups in total. The molecule has 0 bridgehead atoms. The number of nitrogens with two attached hydrogens (primary N) is 1. The van der Waals surface area contributed by atoms with Gasteiger partial charge in [0.15, 0.2) is 5.65 Å². The van der Waals surface area contributed by atoms with E-state index in [-0.39, 0.29) is 0 Å². The monoisotopic (exact) mass is 295 g/mol. The highest BCUT2D eigenvalue weighted by molar-refractivity contribution is 5.85. The van der Waals surface area contributed by atoms with Crippen molar-refractivity contribution >= 4 is 22.7 Å². The zero-order chi connectivity index (χ0) is 14.9. The van der Waals surface area contributed by atoms with E-state index >= 15 is 0 Å². The predicted molar refractivity (Wildman–Crippen MR) is 84.5 cm³/mol. The van der Waals surface area contributed by atoms with Gasteiger partial charge in [-0.2, -0.15) is 5.10 Å². The molecule has 112 valence electrons. The molecule has 7 heteroatoms. The van der Waals surface area contributed by atoms with E-state index in [4.69, 9.17) is 5.73 Å². The van der Waals surface area contributed by atoms with Gasteiger partial charge in [-0.3, -0.25) is 5.10 Å². The number of nitrogen functional groups attached to an aromatic ring is 1. The van der Waals surface area contributed by atoms with Gasteiger partial charge in [-0.1, -0.05) is 0 Å². The minimum absolute atomic E-state index is 0.381. The summed E-state index contributed by atoms with van der Waals surface area (Å²) in [6.07, 6.45) is 5.62. The van der Waals surface area contributed by atoms with Gasteiger partial charge in [-0.25, -0.2) is 15.0 Å². The number of H-pyrrole nitrogens is 1. The summed E-state index contributed by atoms with van der Waals surface area (Å²) in [5.74, 6) is 1.93. The molecular weight excluding hydrogens is 278 g/mol. The number of piperidine rings is 1. The highest BCUT2D eigenvalue weighted by Gasteiger charge is 2.23. The van der Waals surface area contributed by atoms with E-state index in [0.717, 1.165) is 42.8 Å². The first-order chi connectivity index (χ1) is 10.8. The molecule has 0 radical (unpaired) electrons. The summed E-state index contributed by atoms with van der Waals surface area (Å²) in [7, 11) is 0. The van der Waals surface area contributed by atoms with Crippen molar-refractivity contribution in [1.29, 1.82) is 0 Å². The minimum Gasteiger partial charge on any atom is -0.384 e. The molecule has 0 aromatic carbocycles. The van der Waals surface area contributed by atoms with Crippen LogP contribution in [0.25, 0.3) is 11.0 Å². The zero-order valence-electron chi connectivity index (χ0n) is 12.1. The molecule has 0 aliphatic carbocycles. The van der Waals surface area contributed by atoms with Gasteiger partial charge in [0.05, 0.1) is 5.39 Å². The molecule has 22 heavy (non-hydrogen) atoms. The molecule has 1 fully saturated rings. The summed E-state index contributed by atoms with van der Waals surface area (Å²) in [6.45, 7) is 1.93. The van der Waals surface area contributed by atoms with Crippen LogP contribution in [0.3, 0.4) is 0 Å². The Labute approximate surface area is 127 Å². The lowest BCUT2D eigenvalue weighted by Gasteiger charge is -2.33. The molecule has 4 rings (SSSR count). The van der Waals surface area contributed by atoms with Crippen molar-refractivity contribution in [3.8, 4) is 0 Å². The van der Waals surface area contributed by atoms with Gasteiger partial charge in [-0.05, 0) is 31.0 Å². The first kappa shape index (κ1) is 13.0. The molecular formula is C15H17N7. The Morgan fingerprint density at radius 1 is 1.27 bits per heavy atom. The Hall–Kier alpha value is -2.70. The Kier molecular flexibility index (Phi) is 3.10. The molecule has 1 atom stereocenters. The third-order valence-corrected chi connectivity index (χ3v) is 4.20. The number of nitrogens with one attached hydrogen (secondary N) is 1. The van der Waals surface area contributed by atoms with E-state index < -0.39 is 0 Å². The van der Waals surface area contributed by atoms with Gasteiger partial charge < -0.3 is 10.6 Å². The lowest BCUT2D eigenvalue weighted by Crippen LogP contribution is -2.35. The number of fused-ring (bicyclic) bond motifs is 1. The molecule has 0 saturated carbocycles. The van der Waals surface area contributed by atoms with Crippen molar-refractivity contribution in [3.05, 3.63) is 36.4 Å². The second-order valence-corrected chi connectivity index (χ2v) is 5.60. The van der Waals surface area contributed by atoms with Crippen LogP contribution in [-0.4, -0.2) is 38.2 Å². The molecule has 1 unspecified atom stereocenters. The summed E-state index contributed by atoms with van der Waals surface area (Å²) in [4.78, 5) is 15.3. The maximum absolute atomic E-state index is 5.82. The summed E-state index contributed by atoms with van der Waals surface area (Å²) < 4.78 is 0. The van der Waals surface area contributed by atoms with E-state index in [9.17, 15) is 0 Å².